The molecule has 0 aliphatic heterocycles. The summed E-state index contributed by atoms with van der Waals surface area (Å²) in [4.78, 5) is 11.1. The highest BCUT2D eigenvalue weighted by Crippen LogP contribution is 2.03. The van der Waals surface area contributed by atoms with Gasteiger partial charge in [-0.2, -0.15) is 0 Å². The van der Waals surface area contributed by atoms with E-state index >= 15 is 0 Å². The van der Waals surface area contributed by atoms with Gasteiger partial charge in [0.05, 0.1) is 12.7 Å². The lowest BCUT2D eigenvalue weighted by atomic mass is 10.1. The van der Waals surface area contributed by atoms with Gasteiger partial charge in [-0.15, -0.1) is 0 Å². The summed E-state index contributed by atoms with van der Waals surface area (Å²) < 4.78 is 4.76. The Balaban J connectivity index is 3.45. The normalized spacial score (nSPS) is 12.9. The molecular formula is C10H21NO3. The first kappa shape index (κ1) is 13.4. The maximum atomic E-state index is 11.1. The number of hydrogen-bond acceptors (Lipinski definition) is 3. The quantitative estimate of drug-likeness (QED) is 0.635. The number of carbonyl (C=O) groups is 1. The zero-order valence-electron chi connectivity index (χ0n) is 9.25. The van der Waals surface area contributed by atoms with E-state index in [-0.39, 0.29) is 5.91 Å². The molecule has 1 unspecified atom stereocenters. The van der Waals surface area contributed by atoms with Crippen LogP contribution in [0.3, 0.4) is 0 Å². The van der Waals surface area contributed by atoms with E-state index < -0.39 is 6.10 Å². The Morgan fingerprint density at radius 1 is 1.50 bits per heavy atom. The van der Waals surface area contributed by atoms with Gasteiger partial charge in [0, 0.05) is 20.1 Å². The lowest BCUT2D eigenvalue weighted by molar-refractivity contribution is -0.122. The topological polar surface area (TPSA) is 58.6 Å². The Hall–Kier alpha value is -0.610. The molecule has 1 atom stereocenters. The third-order valence-corrected chi connectivity index (χ3v) is 1.81. The molecule has 0 aliphatic rings. The summed E-state index contributed by atoms with van der Waals surface area (Å²) in [6, 6.07) is 0. The highest BCUT2D eigenvalue weighted by atomic mass is 16.5. The van der Waals surface area contributed by atoms with E-state index in [1.165, 1.54) is 0 Å². The molecule has 84 valence electrons. The number of methoxy groups -OCH3 is 1. The molecule has 0 aromatic rings. The Morgan fingerprint density at radius 3 is 2.64 bits per heavy atom. The van der Waals surface area contributed by atoms with Crippen LogP contribution in [-0.2, 0) is 9.53 Å². The molecule has 0 saturated heterocycles. The van der Waals surface area contributed by atoms with E-state index in [4.69, 9.17) is 4.74 Å². The SMILES string of the molecule is COCCC(=O)NCC(O)CC(C)C. The van der Waals surface area contributed by atoms with Crippen LogP contribution in [0.2, 0.25) is 0 Å². The van der Waals surface area contributed by atoms with E-state index in [0.717, 1.165) is 0 Å². The lowest BCUT2D eigenvalue weighted by Crippen LogP contribution is -2.33. The van der Waals surface area contributed by atoms with Crippen LogP contribution in [0.5, 0.6) is 0 Å². The number of nitrogens with one attached hydrogen (secondary N) is 1. The van der Waals surface area contributed by atoms with Crippen molar-refractivity contribution >= 4 is 5.91 Å². The highest BCUT2D eigenvalue weighted by molar-refractivity contribution is 5.75. The van der Waals surface area contributed by atoms with Gasteiger partial charge in [0.15, 0.2) is 0 Å². The van der Waals surface area contributed by atoms with Gasteiger partial charge in [0.1, 0.15) is 0 Å². The van der Waals surface area contributed by atoms with Gasteiger partial charge in [-0.3, -0.25) is 4.79 Å². The first-order valence-electron chi connectivity index (χ1n) is 5.00. The molecule has 0 radical (unpaired) electrons. The lowest BCUT2D eigenvalue weighted by Gasteiger charge is -2.13. The zero-order valence-corrected chi connectivity index (χ0v) is 9.25. The molecule has 0 bridgehead atoms. The number of amides is 1. The molecule has 0 rings (SSSR count). The largest absolute Gasteiger partial charge is 0.391 e. The summed E-state index contributed by atoms with van der Waals surface area (Å²) in [5.41, 5.74) is 0. The van der Waals surface area contributed by atoms with Crippen molar-refractivity contribution in [1.82, 2.24) is 5.32 Å². The average Bonchev–Trinajstić information content (AvgIpc) is 2.10. The molecule has 0 spiro atoms. The van der Waals surface area contributed by atoms with Gasteiger partial charge in [-0.05, 0) is 12.3 Å². The van der Waals surface area contributed by atoms with Crippen molar-refractivity contribution in [1.29, 1.82) is 0 Å². The minimum Gasteiger partial charge on any atom is -0.391 e. The van der Waals surface area contributed by atoms with Crippen LogP contribution < -0.4 is 5.32 Å². The molecule has 0 aliphatic carbocycles. The van der Waals surface area contributed by atoms with E-state index in [1.54, 1.807) is 7.11 Å². The van der Waals surface area contributed by atoms with Crippen LogP contribution in [-0.4, -0.2) is 37.4 Å². The fourth-order valence-electron chi connectivity index (χ4n) is 1.14. The van der Waals surface area contributed by atoms with Crippen molar-refractivity contribution in [2.75, 3.05) is 20.3 Å². The zero-order chi connectivity index (χ0) is 11.0. The number of rotatable bonds is 7. The van der Waals surface area contributed by atoms with E-state index in [1.807, 2.05) is 13.8 Å². The van der Waals surface area contributed by atoms with Crippen LogP contribution in [0.15, 0.2) is 0 Å². The molecule has 2 N–H and O–H groups in total. The summed E-state index contributed by atoms with van der Waals surface area (Å²) in [5.74, 6) is 0.371. The van der Waals surface area contributed by atoms with Crippen molar-refractivity contribution in [3.05, 3.63) is 0 Å². The number of aliphatic hydroxyl groups is 1. The molecule has 0 saturated carbocycles. The number of aliphatic hydroxyl groups excluding tert-OH is 1. The van der Waals surface area contributed by atoms with Gasteiger partial charge >= 0.3 is 0 Å². The van der Waals surface area contributed by atoms with E-state index in [2.05, 4.69) is 5.32 Å². The Kier molecular flexibility index (Phi) is 7.42. The summed E-state index contributed by atoms with van der Waals surface area (Å²) in [6.07, 6.45) is 0.622. The minimum atomic E-state index is -0.443. The molecule has 14 heavy (non-hydrogen) atoms. The maximum Gasteiger partial charge on any atom is 0.222 e. The average molecular weight is 203 g/mol. The smallest absolute Gasteiger partial charge is 0.222 e. The monoisotopic (exact) mass is 203 g/mol. The van der Waals surface area contributed by atoms with Gasteiger partial charge in [0.25, 0.3) is 0 Å². The fraction of sp³-hybridized carbons (Fsp3) is 0.900. The van der Waals surface area contributed by atoms with Crippen LogP contribution in [0.4, 0.5) is 0 Å². The number of carbonyl (C=O) groups excluding carboxylic acids is 1. The van der Waals surface area contributed by atoms with Gasteiger partial charge in [-0.25, -0.2) is 0 Å². The second-order valence-electron chi connectivity index (χ2n) is 3.83. The molecule has 0 aromatic carbocycles. The van der Waals surface area contributed by atoms with E-state index in [9.17, 15) is 9.90 Å². The van der Waals surface area contributed by atoms with Gasteiger partial charge in [-0.1, -0.05) is 13.8 Å². The standard InChI is InChI=1S/C10H21NO3/c1-8(2)6-9(12)7-11-10(13)4-5-14-3/h8-9,12H,4-7H2,1-3H3,(H,11,13). The van der Waals surface area contributed by atoms with Crippen LogP contribution in [0, 0.1) is 5.92 Å². The molecule has 1 amide bonds. The predicted molar refractivity (Wildman–Crippen MR) is 55.0 cm³/mol. The second kappa shape index (κ2) is 7.76. The Bertz CT molecular complexity index is 159. The molecule has 0 heterocycles. The molecular weight excluding hydrogens is 182 g/mol. The maximum absolute atomic E-state index is 11.1. The summed E-state index contributed by atoms with van der Waals surface area (Å²) in [6.45, 7) is 4.83. The summed E-state index contributed by atoms with van der Waals surface area (Å²) in [5, 5.41) is 12.1. The fourth-order valence-corrected chi connectivity index (χ4v) is 1.14. The first-order chi connectivity index (χ1) is 6.56. The molecule has 4 nitrogen and oxygen atoms in total. The minimum absolute atomic E-state index is 0.0744. The van der Waals surface area contributed by atoms with Crippen LogP contribution >= 0.6 is 0 Å². The molecule has 4 heteroatoms. The molecule has 0 aromatic heterocycles. The van der Waals surface area contributed by atoms with Crippen molar-refractivity contribution < 1.29 is 14.6 Å². The van der Waals surface area contributed by atoms with Crippen molar-refractivity contribution in [3.63, 3.8) is 0 Å². The van der Waals surface area contributed by atoms with Crippen molar-refractivity contribution in [2.24, 2.45) is 5.92 Å². The van der Waals surface area contributed by atoms with Crippen molar-refractivity contribution in [2.45, 2.75) is 32.8 Å². The van der Waals surface area contributed by atoms with E-state index in [0.29, 0.717) is 31.9 Å². The first-order valence-corrected chi connectivity index (χ1v) is 5.00. The van der Waals surface area contributed by atoms with Gasteiger partial charge < -0.3 is 15.2 Å². The second-order valence-corrected chi connectivity index (χ2v) is 3.83. The van der Waals surface area contributed by atoms with Crippen LogP contribution in [0.25, 0.3) is 0 Å². The number of hydrogen-bond donors (Lipinski definition) is 2. The Labute approximate surface area is 85.6 Å². The predicted octanol–water partition coefficient (Wildman–Crippen LogP) is 0.546. The molecule has 0 fully saturated rings. The third-order valence-electron chi connectivity index (χ3n) is 1.81. The van der Waals surface area contributed by atoms with Crippen LogP contribution in [0.1, 0.15) is 26.7 Å². The van der Waals surface area contributed by atoms with Crippen molar-refractivity contribution in [3.8, 4) is 0 Å². The highest BCUT2D eigenvalue weighted by Gasteiger charge is 2.08. The summed E-state index contributed by atoms with van der Waals surface area (Å²) >= 11 is 0. The number of ether oxygens (including phenoxy) is 1. The summed E-state index contributed by atoms with van der Waals surface area (Å²) in [7, 11) is 1.56. The Morgan fingerprint density at radius 2 is 2.14 bits per heavy atom. The van der Waals surface area contributed by atoms with Gasteiger partial charge in [0.2, 0.25) is 5.91 Å². The third kappa shape index (κ3) is 8.01.